The Kier molecular flexibility index (Phi) is 7.96. The number of benzene rings is 10. The fourth-order valence-electron chi connectivity index (χ4n) is 15.0. The monoisotopic (exact) mass is 1010 g/mol. The molecule has 0 aliphatic carbocycles. The maximum Gasteiger partial charge on any atom is 0.249 e. The maximum absolute atomic E-state index is 2.63. The van der Waals surface area contributed by atoms with Gasteiger partial charge in [-0.1, -0.05) is 156 Å². The Morgan fingerprint density at radius 1 is 0.360 bits per heavy atom. The van der Waals surface area contributed by atoms with Crippen molar-refractivity contribution in [3.63, 3.8) is 0 Å². The minimum atomic E-state index is 0.107. The van der Waals surface area contributed by atoms with E-state index in [-0.39, 0.29) is 13.4 Å². The quantitative estimate of drug-likeness (QED) is 0.160. The molecule has 10 aromatic carbocycles. The molecule has 0 bridgehead atoms. The average Bonchev–Trinajstić information content (AvgIpc) is 4.11. The highest BCUT2D eigenvalue weighted by molar-refractivity contribution is 8.00. The van der Waals surface area contributed by atoms with E-state index >= 15 is 0 Å². The molecule has 0 unspecified atom stereocenters. The van der Waals surface area contributed by atoms with E-state index in [0.29, 0.717) is 0 Å². The van der Waals surface area contributed by atoms with E-state index in [9.17, 15) is 0 Å². The van der Waals surface area contributed by atoms with E-state index < -0.39 is 0 Å². The molecular formula is C66H42B2N4S3. The molecule has 0 N–H and O–H groups in total. The second kappa shape index (κ2) is 14.6. The van der Waals surface area contributed by atoms with Gasteiger partial charge in [0.2, 0.25) is 13.4 Å². The summed E-state index contributed by atoms with van der Waals surface area (Å²) in [5.74, 6) is 0. The molecule has 9 heterocycles. The van der Waals surface area contributed by atoms with Crippen LogP contribution in [0, 0.1) is 0 Å². The molecular weight excluding hydrogens is 967 g/mol. The van der Waals surface area contributed by atoms with Gasteiger partial charge in [0.05, 0.1) is 11.0 Å². The van der Waals surface area contributed by atoms with Gasteiger partial charge in [-0.05, 0) is 130 Å². The maximum atomic E-state index is 2.63. The number of fused-ring (bicyclic) bond motifs is 19. The molecule has 13 aromatic rings. The van der Waals surface area contributed by atoms with Crippen LogP contribution in [0.25, 0.3) is 75.2 Å². The Morgan fingerprint density at radius 3 is 1.32 bits per heavy atom. The van der Waals surface area contributed by atoms with E-state index in [0.717, 1.165) is 38.8 Å². The van der Waals surface area contributed by atoms with Gasteiger partial charge in [0.25, 0.3) is 0 Å². The van der Waals surface area contributed by atoms with Gasteiger partial charge in [0.15, 0.2) is 0 Å². The largest absolute Gasteiger partial charge is 0.341 e. The number of nitrogens with zero attached hydrogens (tertiary/aromatic N) is 4. The second-order valence-corrected chi connectivity index (χ2v) is 24.9. The molecule has 0 atom stereocenters. The first-order valence-corrected chi connectivity index (χ1v) is 29.1. The van der Waals surface area contributed by atoms with Crippen LogP contribution in [0.3, 0.4) is 0 Å². The SMILES string of the molecule is c1ccc2c(c1)CCCN2c1cc2c3c(c1)-n1c4ccccc4c4cccc(c41)B3c1cc3c(cc1S2)sc1cc2c(cc13)B1c3c(cc(N4CCCc5ccccc54)cc3-n3c4ccccc4c4cccc1c43)S2. The van der Waals surface area contributed by atoms with Crippen LogP contribution in [0.2, 0.25) is 0 Å². The van der Waals surface area contributed by atoms with Crippen molar-refractivity contribution in [2.24, 2.45) is 0 Å². The zero-order valence-electron chi connectivity index (χ0n) is 40.7. The van der Waals surface area contributed by atoms with Crippen LogP contribution in [-0.4, -0.2) is 35.6 Å². The molecule has 19 rings (SSSR count). The summed E-state index contributed by atoms with van der Waals surface area (Å²) in [5.41, 5.74) is 24.6. The lowest BCUT2D eigenvalue weighted by molar-refractivity contribution is 0.766. The molecule has 0 saturated carbocycles. The minimum Gasteiger partial charge on any atom is -0.341 e. The van der Waals surface area contributed by atoms with Crippen LogP contribution in [-0.2, 0) is 12.8 Å². The van der Waals surface area contributed by atoms with Gasteiger partial charge in [0.1, 0.15) is 0 Å². The molecule has 0 radical (unpaired) electrons. The van der Waals surface area contributed by atoms with Crippen LogP contribution in [0.4, 0.5) is 22.7 Å². The summed E-state index contributed by atoms with van der Waals surface area (Å²) in [6.45, 7) is 2.25. The first-order chi connectivity index (χ1) is 37.2. The van der Waals surface area contributed by atoms with Crippen molar-refractivity contribution in [3.8, 4) is 11.4 Å². The molecule has 0 fully saturated rings. The minimum absolute atomic E-state index is 0.107. The Balaban J connectivity index is 0.837. The molecule has 6 aliphatic heterocycles. The smallest absolute Gasteiger partial charge is 0.249 e. The van der Waals surface area contributed by atoms with E-state index in [1.807, 2.05) is 34.9 Å². The lowest BCUT2D eigenvalue weighted by Gasteiger charge is -2.37. The standard InChI is InChI=1S/C66H42B2N4S3/c1-5-23-51-37(13-1)15-11-27-69(51)39-29-55-63-61(31-39)74-59-35-57-45(33-49(59)67(63)47-21-9-19-43-41-17-3-7-25-53(41)71(55)65(43)47)46-34-50-60(36-58(46)73-57)75-62-32-40(70-28-12-16-38-14-2-6-24-52(38)70)30-56-64(62)68(50)48-22-10-20-44-42-18-4-8-26-54(42)72(56)66(44)48/h1-10,13-14,17-26,29-36H,11-12,15-16,27-28H2. The number of thiophene rings is 1. The highest BCUT2D eigenvalue weighted by atomic mass is 32.2. The van der Waals surface area contributed by atoms with Crippen LogP contribution >= 0.6 is 34.9 Å². The molecule has 350 valence electrons. The van der Waals surface area contributed by atoms with Crippen molar-refractivity contribution in [1.82, 2.24) is 9.13 Å². The molecule has 0 spiro atoms. The third-order valence-electron chi connectivity index (χ3n) is 18.0. The number of aromatic nitrogens is 2. The van der Waals surface area contributed by atoms with Gasteiger partial charge in [-0.3, -0.25) is 0 Å². The predicted octanol–water partition coefficient (Wildman–Crippen LogP) is 13.0. The molecule has 9 heteroatoms. The van der Waals surface area contributed by atoms with Gasteiger partial charge < -0.3 is 18.9 Å². The van der Waals surface area contributed by atoms with Crippen molar-refractivity contribution in [1.29, 1.82) is 0 Å². The number of para-hydroxylation sites is 6. The van der Waals surface area contributed by atoms with Crippen LogP contribution < -0.4 is 42.6 Å². The van der Waals surface area contributed by atoms with E-state index in [1.54, 1.807) is 0 Å². The summed E-state index contributed by atoms with van der Waals surface area (Å²) in [5, 5.41) is 8.07. The van der Waals surface area contributed by atoms with Gasteiger partial charge in [-0.2, -0.15) is 0 Å². The van der Waals surface area contributed by atoms with Gasteiger partial charge in [-0.25, -0.2) is 0 Å². The second-order valence-electron chi connectivity index (χ2n) is 21.7. The van der Waals surface area contributed by atoms with Crippen molar-refractivity contribution in [2.75, 3.05) is 22.9 Å². The molecule has 6 aliphatic rings. The highest BCUT2D eigenvalue weighted by Gasteiger charge is 2.43. The van der Waals surface area contributed by atoms with E-state index in [1.165, 1.54) is 161 Å². The van der Waals surface area contributed by atoms with Crippen LogP contribution in [0.15, 0.2) is 202 Å². The molecule has 0 amide bonds. The fourth-order valence-corrected chi connectivity index (χ4v) is 18.7. The van der Waals surface area contributed by atoms with E-state index in [4.69, 9.17) is 0 Å². The van der Waals surface area contributed by atoms with Gasteiger partial charge >= 0.3 is 0 Å². The normalized spacial score (nSPS) is 15.5. The summed E-state index contributed by atoms with van der Waals surface area (Å²) < 4.78 is 7.97. The number of anilines is 4. The summed E-state index contributed by atoms with van der Waals surface area (Å²) in [6.07, 6.45) is 4.55. The fraction of sp³-hybridized carbons (Fsp3) is 0.0909. The summed E-state index contributed by atoms with van der Waals surface area (Å²) >= 11 is 5.97. The average molecular weight is 1010 g/mol. The molecule has 75 heavy (non-hydrogen) atoms. The van der Waals surface area contributed by atoms with Crippen molar-refractivity contribution >= 4 is 168 Å². The zero-order valence-corrected chi connectivity index (χ0v) is 43.2. The third-order valence-corrected chi connectivity index (χ3v) is 21.4. The van der Waals surface area contributed by atoms with Gasteiger partial charge in [-0.15, -0.1) is 11.3 Å². The number of hydrogen-bond donors (Lipinski definition) is 0. The topological polar surface area (TPSA) is 16.3 Å². The first-order valence-electron chi connectivity index (χ1n) is 26.7. The highest BCUT2D eigenvalue weighted by Crippen LogP contribution is 2.48. The summed E-state index contributed by atoms with van der Waals surface area (Å²) in [7, 11) is 0. The summed E-state index contributed by atoms with van der Waals surface area (Å²) in [4.78, 5) is 10.7. The lowest BCUT2D eigenvalue weighted by Crippen LogP contribution is -2.58. The van der Waals surface area contributed by atoms with Crippen molar-refractivity contribution in [2.45, 2.75) is 45.3 Å². The Morgan fingerprint density at radius 2 is 0.813 bits per heavy atom. The zero-order chi connectivity index (χ0) is 48.4. The number of rotatable bonds is 2. The predicted molar refractivity (Wildman–Crippen MR) is 322 cm³/mol. The van der Waals surface area contributed by atoms with Crippen molar-refractivity contribution < 1.29 is 0 Å². The van der Waals surface area contributed by atoms with Crippen LogP contribution in [0.1, 0.15) is 24.0 Å². The van der Waals surface area contributed by atoms with E-state index in [2.05, 4.69) is 201 Å². The Bertz CT molecular complexity index is 4500. The first kappa shape index (κ1) is 40.8. The van der Waals surface area contributed by atoms with Crippen LogP contribution in [0.5, 0.6) is 0 Å². The van der Waals surface area contributed by atoms with Gasteiger partial charge in [0, 0.05) is 109 Å². The van der Waals surface area contributed by atoms with Crippen molar-refractivity contribution in [3.05, 3.63) is 193 Å². The molecule has 0 saturated heterocycles. The number of aryl methyl sites for hydroxylation is 2. The lowest BCUT2D eigenvalue weighted by atomic mass is 9.35. The Labute approximate surface area is 446 Å². The molecule has 3 aromatic heterocycles. The molecule has 4 nitrogen and oxygen atoms in total. The number of hydrogen-bond acceptors (Lipinski definition) is 5. The third kappa shape index (κ3) is 5.29. The summed E-state index contributed by atoms with van der Waals surface area (Å²) in [6, 6.07) is 71.0. The Hall–Kier alpha value is -7.55.